The van der Waals surface area contributed by atoms with E-state index in [2.05, 4.69) is 12.2 Å². The van der Waals surface area contributed by atoms with E-state index in [0.717, 1.165) is 24.9 Å². The molecule has 0 amide bonds. The molecule has 0 bridgehead atoms. The van der Waals surface area contributed by atoms with E-state index < -0.39 is 5.72 Å². The van der Waals surface area contributed by atoms with Crippen LogP contribution in [0.2, 0.25) is 0 Å². The Morgan fingerprint density at radius 2 is 1.87 bits per heavy atom. The van der Waals surface area contributed by atoms with Gasteiger partial charge in [-0.05, 0) is 24.9 Å². The van der Waals surface area contributed by atoms with Gasteiger partial charge < -0.3 is 5.11 Å². The normalized spacial score (nSPS) is 14.9. The maximum Gasteiger partial charge on any atom is 0.141 e. The van der Waals surface area contributed by atoms with Crippen molar-refractivity contribution in [3.05, 3.63) is 35.9 Å². The Kier molecular flexibility index (Phi) is 4.79. The van der Waals surface area contributed by atoms with Gasteiger partial charge in [0.25, 0.3) is 0 Å². The molecule has 0 aliphatic heterocycles. The lowest BCUT2D eigenvalue weighted by Gasteiger charge is -2.28. The Balaban J connectivity index is 2.67. The van der Waals surface area contributed by atoms with Crippen molar-refractivity contribution in [2.24, 2.45) is 0 Å². The first-order valence-corrected chi connectivity index (χ1v) is 5.76. The van der Waals surface area contributed by atoms with E-state index in [1.54, 1.807) is 0 Å². The molecule has 0 aliphatic carbocycles. The Hall–Kier alpha value is -0.860. The zero-order chi connectivity index (χ0) is 11.1. The largest absolute Gasteiger partial charge is 0.372 e. The summed E-state index contributed by atoms with van der Waals surface area (Å²) in [6.07, 6.45) is 2.91. The maximum atomic E-state index is 10.4. The van der Waals surface area contributed by atoms with Crippen molar-refractivity contribution < 1.29 is 5.11 Å². The topological polar surface area (TPSA) is 32.3 Å². The number of aliphatic hydroxyl groups is 1. The van der Waals surface area contributed by atoms with E-state index >= 15 is 0 Å². The van der Waals surface area contributed by atoms with E-state index in [0.29, 0.717) is 6.42 Å². The number of nitrogens with one attached hydrogen (secondary N) is 1. The van der Waals surface area contributed by atoms with Crippen molar-refractivity contribution in [2.75, 3.05) is 6.54 Å². The van der Waals surface area contributed by atoms with Crippen LogP contribution in [-0.4, -0.2) is 11.7 Å². The number of unbranched alkanes of at least 4 members (excludes halogenated alkanes) is 1. The molecule has 0 saturated heterocycles. The summed E-state index contributed by atoms with van der Waals surface area (Å²) in [7, 11) is 0. The SMILES string of the molecule is CCCCNC(O)(CC)c1ccccc1. The molecule has 1 rings (SSSR count). The second kappa shape index (κ2) is 5.89. The van der Waals surface area contributed by atoms with Gasteiger partial charge in [-0.15, -0.1) is 0 Å². The van der Waals surface area contributed by atoms with Crippen molar-refractivity contribution >= 4 is 0 Å². The van der Waals surface area contributed by atoms with Gasteiger partial charge in [0.15, 0.2) is 0 Å². The molecule has 0 aromatic heterocycles. The molecule has 0 fully saturated rings. The van der Waals surface area contributed by atoms with Crippen LogP contribution in [0.3, 0.4) is 0 Å². The van der Waals surface area contributed by atoms with Gasteiger partial charge in [-0.25, -0.2) is 0 Å². The van der Waals surface area contributed by atoms with Crippen molar-refractivity contribution in [3.63, 3.8) is 0 Å². The molecule has 1 aromatic rings. The molecule has 0 spiro atoms. The average molecular weight is 207 g/mol. The fourth-order valence-electron chi connectivity index (χ4n) is 1.62. The summed E-state index contributed by atoms with van der Waals surface area (Å²) >= 11 is 0. The Labute approximate surface area is 92.3 Å². The quantitative estimate of drug-likeness (QED) is 0.555. The lowest BCUT2D eigenvalue weighted by molar-refractivity contribution is -0.00362. The van der Waals surface area contributed by atoms with Crippen LogP contribution in [0.25, 0.3) is 0 Å². The maximum absolute atomic E-state index is 10.4. The first kappa shape index (κ1) is 12.2. The smallest absolute Gasteiger partial charge is 0.141 e. The van der Waals surface area contributed by atoms with Crippen LogP contribution in [-0.2, 0) is 5.72 Å². The van der Waals surface area contributed by atoms with Gasteiger partial charge in [0, 0.05) is 0 Å². The third kappa shape index (κ3) is 3.33. The summed E-state index contributed by atoms with van der Waals surface area (Å²) in [5.74, 6) is 0. The number of hydrogen-bond acceptors (Lipinski definition) is 2. The summed E-state index contributed by atoms with van der Waals surface area (Å²) < 4.78 is 0. The fraction of sp³-hybridized carbons (Fsp3) is 0.538. The summed E-state index contributed by atoms with van der Waals surface area (Å²) in [5.41, 5.74) is 0.0831. The van der Waals surface area contributed by atoms with E-state index in [9.17, 15) is 5.11 Å². The van der Waals surface area contributed by atoms with Crippen LogP contribution in [0, 0.1) is 0 Å². The van der Waals surface area contributed by atoms with Crippen LogP contribution in [0.1, 0.15) is 38.7 Å². The van der Waals surface area contributed by atoms with Gasteiger partial charge in [-0.2, -0.15) is 0 Å². The zero-order valence-corrected chi connectivity index (χ0v) is 9.66. The van der Waals surface area contributed by atoms with Crippen molar-refractivity contribution in [2.45, 2.75) is 38.8 Å². The lowest BCUT2D eigenvalue weighted by Crippen LogP contribution is -2.42. The van der Waals surface area contributed by atoms with E-state index in [1.165, 1.54) is 0 Å². The second-order valence-corrected chi connectivity index (χ2v) is 3.86. The molecular weight excluding hydrogens is 186 g/mol. The molecule has 0 radical (unpaired) electrons. The molecule has 1 atom stereocenters. The van der Waals surface area contributed by atoms with Crippen molar-refractivity contribution in [1.29, 1.82) is 0 Å². The fourth-order valence-corrected chi connectivity index (χ4v) is 1.62. The highest BCUT2D eigenvalue weighted by atomic mass is 16.3. The average Bonchev–Trinajstić information content (AvgIpc) is 2.30. The summed E-state index contributed by atoms with van der Waals surface area (Å²) in [4.78, 5) is 0. The predicted molar refractivity (Wildman–Crippen MR) is 63.5 cm³/mol. The van der Waals surface area contributed by atoms with Crippen LogP contribution in [0.15, 0.2) is 30.3 Å². The molecule has 15 heavy (non-hydrogen) atoms. The molecule has 84 valence electrons. The van der Waals surface area contributed by atoms with Gasteiger partial charge in [0.1, 0.15) is 5.72 Å². The van der Waals surface area contributed by atoms with Crippen LogP contribution < -0.4 is 5.32 Å². The molecule has 2 nitrogen and oxygen atoms in total. The molecule has 2 N–H and O–H groups in total. The highest BCUT2D eigenvalue weighted by Crippen LogP contribution is 2.21. The third-order valence-electron chi connectivity index (χ3n) is 2.71. The van der Waals surface area contributed by atoms with Gasteiger partial charge in [0.2, 0.25) is 0 Å². The van der Waals surface area contributed by atoms with Crippen molar-refractivity contribution in [3.8, 4) is 0 Å². The van der Waals surface area contributed by atoms with E-state index in [-0.39, 0.29) is 0 Å². The molecule has 0 heterocycles. The monoisotopic (exact) mass is 207 g/mol. The second-order valence-electron chi connectivity index (χ2n) is 3.86. The summed E-state index contributed by atoms with van der Waals surface area (Å²) in [6.45, 7) is 5.00. The first-order chi connectivity index (χ1) is 7.23. The minimum Gasteiger partial charge on any atom is -0.372 e. The molecule has 1 unspecified atom stereocenters. The van der Waals surface area contributed by atoms with Crippen molar-refractivity contribution in [1.82, 2.24) is 5.32 Å². The highest BCUT2D eigenvalue weighted by Gasteiger charge is 2.25. The molecule has 2 heteroatoms. The van der Waals surface area contributed by atoms with Gasteiger partial charge in [-0.3, -0.25) is 5.32 Å². The van der Waals surface area contributed by atoms with Crippen LogP contribution in [0.5, 0.6) is 0 Å². The highest BCUT2D eigenvalue weighted by molar-refractivity contribution is 5.21. The number of hydrogen-bond donors (Lipinski definition) is 2. The van der Waals surface area contributed by atoms with Gasteiger partial charge in [0.05, 0.1) is 0 Å². The van der Waals surface area contributed by atoms with Crippen LogP contribution in [0.4, 0.5) is 0 Å². The zero-order valence-electron chi connectivity index (χ0n) is 9.66. The summed E-state index contributed by atoms with van der Waals surface area (Å²) in [5, 5.41) is 13.6. The number of rotatable bonds is 6. The molecule has 0 saturated carbocycles. The van der Waals surface area contributed by atoms with E-state index in [4.69, 9.17) is 0 Å². The van der Waals surface area contributed by atoms with Gasteiger partial charge >= 0.3 is 0 Å². The molecular formula is C13H21NO. The van der Waals surface area contributed by atoms with Gasteiger partial charge in [-0.1, -0.05) is 50.6 Å². The third-order valence-corrected chi connectivity index (χ3v) is 2.71. The predicted octanol–water partition coefficient (Wildman–Crippen LogP) is 2.63. The Morgan fingerprint density at radius 3 is 2.40 bits per heavy atom. The number of benzene rings is 1. The Morgan fingerprint density at radius 1 is 1.20 bits per heavy atom. The molecule has 0 aliphatic rings. The minimum absolute atomic E-state index is 0.681. The summed E-state index contributed by atoms with van der Waals surface area (Å²) in [6, 6.07) is 9.80. The van der Waals surface area contributed by atoms with Crippen LogP contribution >= 0.6 is 0 Å². The minimum atomic E-state index is -0.865. The molecule has 1 aromatic carbocycles. The van der Waals surface area contributed by atoms with E-state index in [1.807, 2.05) is 37.3 Å². The Bertz CT molecular complexity index is 273. The first-order valence-electron chi connectivity index (χ1n) is 5.76. The lowest BCUT2D eigenvalue weighted by atomic mass is 10.00. The standard InChI is InChI=1S/C13H21NO/c1-3-5-11-14-13(15,4-2)12-9-7-6-8-10-12/h6-10,14-15H,3-5,11H2,1-2H3.